The smallest absolute Gasteiger partial charge is 0.187 e. The van der Waals surface area contributed by atoms with Gasteiger partial charge in [0.2, 0.25) is 0 Å². The molecule has 0 unspecified atom stereocenters. The van der Waals surface area contributed by atoms with E-state index in [0.717, 1.165) is 27.6 Å². The summed E-state index contributed by atoms with van der Waals surface area (Å²) in [6.07, 6.45) is 3.38. The molecule has 0 saturated heterocycles. The molecule has 2 N–H and O–H groups in total. The third-order valence-corrected chi connectivity index (χ3v) is 3.88. The molecule has 106 valence electrons. The lowest BCUT2D eigenvalue weighted by Gasteiger charge is -2.04. The molecule has 4 nitrogen and oxygen atoms in total. The van der Waals surface area contributed by atoms with Crippen molar-refractivity contribution in [1.82, 2.24) is 9.97 Å². The monoisotopic (exact) mass is 297 g/mol. The van der Waals surface area contributed by atoms with Crippen LogP contribution in [0.1, 0.15) is 11.1 Å². The van der Waals surface area contributed by atoms with Crippen molar-refractivity contribution in [2.75, 3.05) is 5.32 Å². The van der Waals surface area contributed by atoms with E-state index in [2.05, 4.69) is 34.3 Å². The van der Waals surface area contributed by atoms with Crippen LogP contribution in [-0.4, -0.2) is 15.1 Å². The fourth-order valence-electron chi connectivity index (χ4n) is 2.10. The van der Waals surface area contributed by atoms with Crippen LogP contribution in [0.3, 0.4) is 0 Å². The average Bonchev–Trinajstić information content (AvgIpc) is 2.95. The number of nitrogens with one attached hydrogen (secondary N) is 1. The van der Waals surface area contributed by atoms with Gasteiger partial charge in [-0.3, -0.25) is 4.98 Å². The van der Waals surface area contributed by atoms with E-state index < -0.39 is 0 Å². The Bertz CT molecular complexity index is 755. The summed E-state index contributed by atoms with van der Waals surface area (Å²) in [4.78, 5) is 8.61. The summed E-state index contributed by atoms with van der Waals surface area (Å²) in [5.74, 6) is 0. The van der Waals surface area contributed by atoms with E-state index in [1.165, 1.54) is 5.56 Å². The number of rotatable bonds is 4. The molecule has 0 spiro atoms. The number of benzene rings is 1. The first-order valence-corrected chi connectivity index (χ1v) is 7.47. The molecule has 0 aliphatic rings. The zero-order valence-corrected chi connectivity index (χ0v) is 12.4. The molecule has 21 heavy (non-hydrogen) atoms. The first-order valence-electron chi connectivity index (χ1n) is 6.59. The number of anilines is 2. The second-order valence-electron chi connectivity index (χ2n) is 4.72. The van der Waals surface area contributed by atoms with Crippen LogP contribution >= 0.6 is 11.3 Å². The van der Waals surface area contributed by atoms with Gasteiger partial charge in [0, 0.05) is 34.6 Å². The minimum Gasteiger partial charge on any atom is -0.392 e. The fraction of sp³-hybridized carbons (Fsp3) is 0.125. The number of hydrogen-bond acceptors (Lipinski definition) is 5. The number of nitrogens with zero attached hydrogens (tertiary/aromatic N) is 2. The van der Waals surface area contributed by atoms with E-state index in [1.807, 2.05) is 23.6 Å². The molecule has 0 radical (unpaired) electrons. The van der Waals surface area contributed by atoms with E-state index in [9.17, 15) is 5.11 Å². The van der Waals surface area contributed by atoms with Crippen LogP contribution in [-0.2, 0) is 6.61 Å². The average molecular weight is 297 g/mol. The van der Waals surface area contributed by atoms with Crippen molar-refractivity contribution < 1.29 is 5.11 Å². The van der Waals surface area contributed by atoms with Crippen molar-refractivity contribution in [3.05, 3.63) is 59.2 Å². The maximum Gasteiger partial charge on any atom is 0.187 e. The van der Waals surface area contributed by atoms with Crippen molar-refractivity contribution >= 4 is 22.2 Å². The normalized spacial score (nSPS) is 10.6. The lowest BCUT2D eigenvalue weighted by atomic mass is 10.1. The molecular formula is C16H15N3OS. The van der Waals surface area contributed by atoms with Crippen LogP contribution in [0, 0.1) is 6.92 Å². The van der Waals surface area contributed by atoms with Gasteiger partial charge in [0.25, 0.3) is 0 Å². The van der Waals surface area contributed by atoms with Crippen molar-refractivity contribution in [3.8, 4) is 11.3 Å². The van der Waals surface area contributed by atoms with Gasteiger partial charge in [0.05, 0.1) is 12.3 Å². The molecule has 1 aromatic carbocycles. The van der Waals surface area contributed by atoms with Gasteiger partial charge in [-0.2, -0.15) is 0 Å². The Morgan fingerprint density at radius 3 is 3.00 bits per heavy atom. The molecule has 0 saturated carbocycles. The number of aromatic nitrogens is 2. The Morgan fingerprint density at radius 1 is 1.29 bits per heavy atom. The van der Waals surface area contributed by atoms with Crippen LogP contribution in [0.15, 0.2) is 48.1 Å². The molecule has 2 aromatic heterocycles. The number of aliphatic hydroxyl groups excluding tert-OH is 1. The first-order chi connectivity index (χ1) is 10.3. The van der Waals surface area contributed by atoms with Crippen molar-refractivity contribution in [2.24, 2.45) is 0 Å². The summed E-state index contributed by atoms with van der Waals surface area (Å²) in [5, 5.41) is 15.5. The summed E-state index contributed by atoms with van der Waals surface area (Å²) < 4.78 is 0. The number of aryl methyl sites for hydroxylation is 1. The third-order valence-electron chi connectivity index (χ3n) is 3.12. The van der Waals surface area contributed by atoms with Crippen molar-refractivity contribution in [3.63, 3.8) is 0 Å². The molecule has 0 fully saturated rings. The van der Waals surface area contributed by atoms with Crippen LogP contribution in [0.5, 0.6) is 0 Å². The Hall–Kier alpha value is -2.24. The van der Waals surface area contributed by atoms with Crippen LogP contribution in [0.2, 0.25) is 0 Å². The summed E-state index contributed by atoms with van der Waals surface area (Å²) >= 11 is 1.54. The van der Waals surface area contributed by atoms with Crippen LogP contribution < -0.4 is 5.32 Å². The highest BCUT2D eigenvalue weighted by Crippen LogP contribution is 2.29. The molecular weight excluding hydrogens is 282 g/mol. The largest absolute Gasteiger partial charge is 0.392 e. The van der Waals surface area contributed by atoms with Crippen LogP contribution in [0.25, 0.3) is 11.3 Å². The second kappa shape index (κ2) is 6.03. The van der Waals surface area contributed by atoms with Gasteiger partial charge in [-0.05, 0) is 30.7 Å². The van der Waals surface area contributed by atoms with E-state index in [1.54, 1.807) is 23.7 Å². The lowest BCUT2D eigenvalue weighted by Crippen LogP contribution is -1.92. The maximum absolute atomic E-state index is 9.37. The first kappa shape index (κ1) is 13.7. The van der Waals surface area contributed by atoms with Crippen molar-refractivity contribution in [1.29, 1.82) is 0 Å². The van der Waals surface area contributed by atoms with Gasteiger partial charge in [-0.1, -0.05) is 12.1 Å². The summed E-state index contributed by atoms with van der Waals surface area (Å²) in [6.45, 7) is 2.02. The molecule has 3 rings (SSSR count). The molecule has 5 heteroatoms. The van der Waals surface area contributed by atoms with Gasteiger partial charge in [-0.25, -0.2) is 4.98 Å². The highest BCUT2D eigenvalue weighted by molar-refractivity contribution is 7.14. The second-order valence-corrected chi connectivity index (χ2v) is 5.58. The number of pyridine rings is 1. The van der Waals surface area contributed by atoms with Crippen LogP contribution in [0.4, 0.5) is 10.8 Å². The van der Waals surface area contributed by atoms with E-state index >= 15 is 0 Å². The Kier molecular flexibility index (Phi) is 3.94. The molecule has 0 amide bonds. The summed E-state index contributed by atoms with van der Waals surface area (Å²) in [5.41, 5.74) is 4.77. The third kappa shape index (κ3) is 3.09. The molecule has 2 heterocycles. The predicted octanol–water partition coefficient (Wildman–Crippen LogP) is 3.75. The predicted molar refractivity (Wildman–Crippen MR) is 85.7 cm³/mol. The molecule has 3 aromatic rings. The summed E-state index contributed by atoms with van der Waals surface area (Å²) in [7, 11) is 0. The fourth-order valence-corrected chi connectivity index (χ4v) is 2.83. The minimum atomic E-state index is -0.0403. The topological polar surface area (TPSA) is 58.0 Å². The number of aliphatic hydroxyl groups is 1. The standard InChI is InChI=1S/C16H15N3OS/c1-11-3-2-4-13(7-11)18-16-19-15(10-21-16)14-5-6-17-8-12(14)9-20/h2-8,10,20H,9H2,1H3,(H,18,19). The van der Waals surface area contributed by atoms with Gasteiger partial charge in [0.1, 0.15) is 0 Å². The molecule has 0 atom stereocenters. The summed E-state index contributed by atoms with van der Waals surface area (Å²) in [6, 6.07) is 10.0. The molecule has 0 bridgehead atoms. The zero-order chi connectivity index (χ0) is 14.7. The highest BCUT2D eigenvalue weighted by atomic mass is 32.1. The Balaban J connectivity index is 1.86. The quantitative estimate of drug-likeness (QED) is 0.770. The van der Waals surface area contributed by atoms with Gasteiger partial charge in [-0.15, -0.1) is 11.3 Å². The highest BCUT2D eigenvalue weighted by Gasteiger charge is 2.09. The zero-order valence-electron chi connectivity index (χ0n) is 11.6. The number of thiazole rings is 1. The lowest BCUT2D eigenvalue weighted by molar-refractivity contribution is 0.282. The maximum atomic E-state index is 9.37. The molecule has 0 aliphatic carbocycles. The van der Waals surface area contributed by atoms with Gasteiger partial charge in [0.15, 0.2) is 5.13 Å². The SMILES string of the molecule is Cc1cccc(Nc2nc(-c3ccncc3CO)cs2)c1. The molecule has 0 aliphatic heterocycles. The minimum absolute atomic E-state index is 0.0403. The Morgan fingerprint density at radius 2 is 2.19 bits per heavy atom. The Labute approximate surface area is 127 Å². The van der Waals surface area contributed by atoms with E-state index in [-0.39, 0.29) is 6.61 Å². The van der Waals surface area contributed by atoms with E-state index in [4.69, 9.17) is 0 Å². The number of hydrogen-bond donors (Lipinski definition) is 2. The van der Waals surface area contributed by atoms with E-state index in [0.29, 0.717) is 0 Å². The van der Waals surface area contributed by atoms with Crippen molar-refractivity contribution in [2.45, 2.75) is 13.5 Å². The van der Waals surface area contributed by atoms with Gasteiger partial charge >= 0.3 is 0 Å². The van der Waals surface area contributed by atoms with Gasteiger partial charge < -0.3 is 10.4 Å².